The van der Waals surface area contributed by atoms with Gasteiger partial charge in [-0.1, -0.05) is 23.8 Å². The Labute approximate surface area is 97.0 Å². The van der Waals surface area contributed by atoms with Crippen LogP contribution in [0.1, 0.15) is 23.6 Å². The highest BCUT2D eigenvalue weighted by molar-refractivity contribution is 5.80. The summed E-state index contributed by atoms with van der Waals surface area (Å²) >= 11 is 0. The molecule has 1 atom stereocenters. The van der Waals surface area contributed by atoms with E-state index in [4.69, 9.17) is 5.73 Å². The highest BCUT2D eigenvalue weighted by Gasteiger charge is 2.06. The molecule has 0 bridgehead atoms. The Morgan fingerprint density at radius 2 is 2.12 bits per heavy atom. The number of hydrogen-bond donors (Lipinski definition) is 2. The standard InChI is InChI=1S/C13H20N2O/c1-9-4-5-12(10(2)8-9)6-7-15-13(16)11(3)14/h4-5,8,11H,6-7,14H2,1-3H3,(H,15,16). The first kappa shape index (κ1) is 12.7. The van der Waals surface area contributed by atoms with Gasteiger partial charge in [0.25, 0.3) is 0 Å². The average Bonchev–Trinajstić information content (AvgIpc) is 2.20. The topological polar surface area (TPSA) is 55.1 Å². The first-order valence-corrected chi connectivity index (χ1v) is 5.60. The number of rotatable bonds is 4. The fraction of sp³-hybridized carbons (Fsp3) is 0.462. The number of nitrogens with two attached hydrogens (primary N) is 1. The van der Waals surface area contributed by atoms with Crippen LogP contribution in [0.25, 0.3) is 0 Å². The molecule has 1 rings (SSSR count). The summed E-state index contributed by atoms with van der Waals surface area (Å²) in [5.41, 5.74) is 9.26. The summed E-state index contributed by atoms with van der Waals surface area (Å²) in [6.45, 7) is 6.50. The normalized spacial score (nSPS) is 12.2. The Kier molecular flexibility index (Phi) is 4.50. The Balaban J connectivity index is 2.46. The monoisotopic (exact) mass is 220 g/mol. The van der Waals surface area contributed by atoms with E-state index < -0.39 is 6.04 Å². The first-order chi connectivity index (χ1) is 7.50. The van der Waals surface area contributed by atoms with Crippen LogP contribution in [-0.2, 0) is 11.2 Å². The number of aryl methyl sites for hydroxylation is 2. The van der Waals surface area contributed by atoms with E-state index in [-0.39, 0.29) is 5.91 Å². The number of benzene rings is 1. The van der Waals surface area contributed by atoms with E-state index in [1.807, 2.05) is 0 Å². The Morgan fingerprint density at radius 3 is 2.69 bits per heavy atom. The van der Waals surface area contributed by atoms with Crippen molar-refractivity contribution < 1.29 is 4.79 Å². The minimum absolute atomic E-state index is 0.0928. The summed E-state index contributed by atoms with van der Waals surface area (Å²) in [6, 6.07) is 5.93. The molecule has 0 fully saturated rings. The molecule has 3 N–H and O–H groups in total. The lowest BCUT2D eigenvalue weighted by molar-refractivity contribution is -0.121. The quantitative estimate of drug-likeness (QED) is 0.804. The highest BCUT2D eigenvalue weighted by atomic mass is 16.2. The number of nitrogens with one attached hydrogen (secondary N) is 1. The Morgan fingerprint density at radius 1 is 1.44 bits per heavy atom. The SMILES string of the molecule is Cc1ccc(CCNC(=O)C(C)N)c(C)c1. The molecule has 0 heterocycles. The van der Waals surface area contributed by atoms with E-state index in [1.165, 1.54) is 16.7 Å². The second-order valence-corrected chi connectivity index (χ2v) is 4.26. The van der Waals surface area contributed by atoms with Crippen LogP contribution in [0.2, 0.25) is 0 Å². The molecule has 3 nitrogen and oxygen atoms in total. The molecule has 0 spiro atoms. The van der Waals surface area contributed by atoms with Crippen molar-refractivity contribution >= 4 is 5.91 Å². The van der Waals surface area contributed by atoms with E-state index in [2.05, 4.69) is 37.4 Å². The van der Waals surface area contributed by atoms with Crippen LogP contribution in [0.4, 0.5) is 0 Å². The number of carbonyl (C=O) groups is 1. The van der Waals surface area contributed by atoms with E-state index in [0.717, 1.165) is 6.42 Å². The van der Waals surface area contributed by atoms with Gasteiger partial charge >= 0.3 is 0 Å². The van der Waals surface area contributed by atoms with Gasteiger partial charge in [0.15, 0.2) is 0 Å². The summed E-state index contributed by atoms with van der Waals surface area (Å²) in [7, 11) is 0. The highest BCUT2D eigenvalue weighted by Crippen LogP contribution is 2.10. The summed E-state index contributed by atoms with van der Waals surface area (Å²) < 4.78 is 0. The lowest BCUT2D eigenvalue weighted by Crippen LogP contribution is -2.39. The number of amides is 1. The van der Waals surface area contributed by atoms with Gasteiger partial charge in [0.05, 0.1) is 6.04 Å². The molecule has 0 aliphatic heterocycles. The summed E-state index contributed by atoms with van der Waals surface area (Å²) in [5, 5.41) is 2.81. The minimum Gasteiger partial charge on any atom is -0.354 e. The maximum Gasteiger partial charge on any atom is 0.236 e. The van der Waals surface area contributed by atoms with Crippen molar-refractivity contribution in [2.75, 3.05) is 6.54 Å². The average molecular weight is 220 g/mol. The second kappa shape index (κ2) is 5.66. The van der Waals surface area contributed by atoms with Crippen LogP contribution in [-0.4, -0.2) is 18.5 Å². The lowest BCUT2D eigenvalue weighted by Gasteiger charge is -2.09. The largest absolute Gasteiger partial charge is 0.354 e. The van der Waals surface area contributed by atoms with Crippen molar-refractivity contribution in [2.45, 2.75) is 33.2 Å². The first-order valence-electron chi connectivity index (χ1n) is 5.60. The van der Waals surface area contributed by atoms with Gasteiger partial charge in [-0.15, -0.1) is 0 Å². The molecule has 0 saturated heterocycles. The molecule has 88 valence electrons. The minimum atomic E-state index is -0.431. The van der Waals surface area contributed by atoms with Gasteiger partial charge in [-0.05, 0) is 38.3 Å². The van der Waals surface area contributed by atoms with Crippen LogP contribution in [0.3, 0.4) is 0 Å². The van der Waals surface area contributed by atoms with E-state index in [0.29, 0.717) is 6.54 Å². The predicted molar refractivity (Wildman–Crippen MR) is 66.3 cm³/mol. The molecule has 1 aromatic carbocycles. The molecule has 0 radical (unpaired) electrons. The molecule has 1 unspecified atom stereocenters. The molecular weight excluding hydrogens is 200 g/mol. The van der Waals surface area contributed by atoms with Crippen molar-refractivity contribution in [3.8, 4) is 0 Å². The Bertz CT molecular complexity index is 372. The van der Waals surface area contributed by atoms with Crippen LogP contribution >= 0.6 is 0 Å². The molecule has 1 aromatic rings. The molecule has 3 heteroatoms. The maximum atomic E-state index is 11.2. The van der Waals surface area contributed by atoms with Crippen LogP contribution in [0.5, 0.6) is 0 Å². The van der Waals surface area contributed by atoms with Crippen molar-refractivity contribution in [3.05, 3.63) is 34.9 Å². The molecule has 0 aliphatic rings. The Hall–Kier alpha value is -1.35. The van der Waals surface area contributed by atoms with Crippen LogP contribution < -0.4 is 11.1 Å². The van der Waals surface area contributed by atoms with Crippen molar-refractivity contribution in [2.24, 2.45) is 5.73 Å². The predicted octanol–water partition coefficient (Wildman–Crippen LogP) is 1.31. The van der Waals surface area contributed by atoms with Crippen LogP contribution in [0, 0.1) is 13.8 Å². The molecule has 1 amide bonds. The van der Waals surface area contributed by atoms with Crippen molar-refractivity contribution in [1.29, 1.82) is 0 Å². The third-order valence-corrected chi connectivity index (χ3v) is 2.61. The van der Waals surface area contributed by atoms with Gasteiger partial charge in [0.1, 0.15) is 0 Å². The third-order valence-electron chi connectivity index (χ3n) is 2.61. The molecule has 0 saturated carbocycles. The number of hydrogen-bond acceptors (Lipinski definition) is 2. The smallest absolute Gasteiger partial charge is 0.236 e. The van der Waals surface area contributed by atoms with E-state index in [1.54, 1.807) is 6.92 Å². The maximum absolute atomic E-state index is 11.2. The van der Waals surface area contributed by atoms with Gasteiger partial charge < -0.3 is 11.1 Å². The van der Waals surface area contributed by atoms with Gasteiger partial charge in [-0.25, -0.2) is 0 Å². The third kappa shape index (κ3) is 3.66. The number of carbonyl (C=O) groups excluding carboxylic acids is 1. The second-order valence-electron chi connectivity index (χ2n) is 4.26. The summed E-state index contributed by atoms with van der Waals surface area (Å²) in [6.07, 6.45) is 0.852. The summed E-state index contributed by atoms with van der Waals surface area (Å²) in [5.74, 6) is -0.0928. The molecule has 16 heavy (non-hydrogen) atoms. The van der Waals surface area contributed by atoms with Gasteiger partial charge in [0.2, 0.25) is 5.91 Å². The van der Waals surface area contributed by atoms with Crippen LogP contribution in [0.15, 0.2) is 18.2 Å². The fourth-order valence-electron chi connectivity index (χ4n) is 1.61. The van der Waals surface area contributed by atoms with E-state index >= 15 is 0 Å². The lowest BCUT2D eigenvalue weighted by atomic mass is 10.0. The molecule has 0 aliphatic carbocycles. The zero-order valence-electron chi connectivity index (χ0n) is 10.2. The fourth-order valence-corrected chi connectivity index (χ4v) is 1.61. The van der Waals surface area contributed by atoms with E-state index in [9.17, 15) is 4.79 Å². The van der Waals surface area contributed by atoms with Gasteiger partial charge in [-0.2, -0.15) is 0 Å². The summed E-state index contributed by atoms with van der Waals surface area (Å²) in [4.78, 5) is 11.2. The van der Waals surface area contributed by atoms with Gasteiger partial charge in [-0.3, -0.25) is 4.79 Å². The van der Waals surface area contributed by atoms with Crippen molar-refractivity contribution in [3.63, 3.8) is 0 Å². The zero-order chi connectivity index (χ0) is 12.1. The zero-order valence-corrected chi connectivity index (χ0v) is 10.2. The molecule has 0 aromatic heterocycles. The molecular formula is C13H20N2O. The van der Waals surface area contributed by atoms with Gasteiger partial charge in [0, 0.05) is 6.54 Å². The van der Waals surface area contributed by atoms with Crippen molar-refractivity contribution in [1.82, 2.24) is 5.32 Å².